The fraction of sp³-hybridized carbons (Fsp3) is 0.176. The van der Waals surface area contributed by atoms with Crippen molar-refractivity contribution < 1.29 is 13.2 Å². The summed E-state index contributed by atoms with van der Waals surface area (Å²) in [6.45, 7) is 4.10. The lowest BCUT2D eigenvalue weighted by atomic mass is 10.0. The molecule has 114 valence electrons. The van der Waals surface area contributed by atoms with Gasteiger partial charge in [-0.2, -0.15) is 0 Å². The highest BCUT2D eigenvalue weighted by molar-refractivity contribution is 7.93. The second kappa shape index (κ2) is 5.50. The standard InChI is InChI=1S/C17H17NO3S/c1-13-11-18(22(19,20)12-13)16-10-15(8-9-17(16)21-2)14-6-4-3-5-7-14/h3-10H,1,11-12H2,2H3. The second-order valence-electron chi connectivity index (χ2n) is 5.27. The molecule has 0 radical (unpaired) electrons. The van der Waals surface area contributed by atoms with Crippen LogP contribution in [0.25, 0.3) is 11.1 Å². The van der Waals surface area contributed by atoms with E-state index in [4.69, 9.17) is 4.74 Å². The summed E-state index contributed by atoms with van der Waals surface area (Å²) in [6.07, 6.45) is 0. The first-order valence-electron chi connectivity index (χ1n) is 6.92. The van der Waals surface area contributed by atoms with Crippen molar-refractivity contribution in [2.75, 3.05) is 23.7 Å². The van der Waals surface area contributed by atoms with Gasteiger partial charge in [-0.25, -0.2) is 8.42 Å². The molecule has 0 spiro atoms. The molecule has 0 atom stereocenters. The lowest BCUT2D eigenvalue weighted by Crippen LogP contribution is -2.25. The molecule has 1 aliphatic heterocycles. The zero-order chi connectivity index (χ0) is 15.7. The SMILES string of the molecule is C=C1CN(c2cc(-c3ccccc3)ccc2OC)S(=O)(=O)C1. The molecule has 1 fully saturated rings. The average molecular weight is 315 g/mol. The first-order chi connectivity index (χ1) is 10.5. The molecule has 22 heavy (non-hydrogen) atoms. The topological polar surface area (TPSA) is 46.6 Å². The van der Waals surface area contributed by atoms with Crippen LogP contribution in [0.2, 0.25) is 0 Å². The van der Waals surface area contributed by atoms with Gasteiger partial charge >= 0.3 is 0 Å². The molecule has 0 saturated carbocycles. The van der Waals surface area contributed by atoms with E-state index in [0.29, 0.717) is 23.6 Å². The van der Waals surface area contributed by atoms with Crippen LogP contribution in [0.5, 0.6) is 5.75 Å². The van der Waals surface area contributed by atoms with Crippen molar-refractivity contribution in [3.05, 3.63) is 60.7 Å². The number of ether oxygens (including phenoxy) is 1. The van der Waals surface area contributed by atoms with Gasteiger partial charge in [0.2, 0.25) is 10.0 Å². The van der Waals surface area contributed by atoms with Gasteiger partial charge < -0.3 is 4.74 Å². The number of nitrogens with zero attached hydrogens (tertiary/aromatic N) is 1. The highest BCUT2D eigenvalue weighted by Crippen LogP contribution is 2.37. The highest BCUT2D eigenvalue weighted by atomic mass is 32.2. The number of benzene rings is 2. The van der Waals surface area contributed by atoms with Gasteiger partial charge in [0, 0.05) is 0 Å². The van der Waals surface area contributed by atoms with E-state index in [1.165, 1.54) is 4.31 Å². The van der Waals surface area contributed by atoms with Gasteiger partial charge in [-0.1, -0.05) is 43.0 Å². The summed E-state index contributed by atoms with van der Waals surface area (Å²) < 4.78 is 31.3. The van der Waals surface area contributed by atoms with Gasteiger partial charge in [0.05, 0.1) is 25.1 Å². The van der Waals surface area contributed by atoms with Crippen LogP contribution in [0.3, 0.4) is 0 Å². The van der Waals surface area contributed by atoms with Gasteiger partial charge in [-0.05, 0) is 28.8 Å². The molecule has 4 nitrogen and oxygen atoms in total. The molecule has 0 aliphatic carbocycles. The Bertz CT molecular complexity index is 813. The van der Waals surface area contributed by atoms with Crippen LogP contribution in [0, 0.1) is 0 Å². The van der Waals surface area contributed by atoms with Gasteiger partial charge in [0.15, 0.2) is 0 Å². The Balaban J connectivity index is 2.12. The van der Waals surface area contributed by atoms with E-state index in [1.54, 1.807) is 13.2 Å². The monoisotopic (exact) mass is 315 g/mol. The number of hydrogen-bond acceptors (Lipinski definition) is 3. The predicted octanol–water partition coefficient (Wildman–Crippen LogP) is 3.07. The Hall–Kier alpha value is -2.27. The quantitative estimate of drug-likeness (QED) is 0.818. The minimum absolute atomic E-state index is 0.00822. The smallest absolute Gasteiger partial charge is 0.239 e. The number of methoxy groups -OCH3 is 1. The first-order valence-corrected chi connectivity index (χ1v) is 8.53. The molecule has 1 saturated heterocycles. The van der Waals surface area contributed by atoms with Crippen molar-refractivity contribution in [3.8, 4) is 16.9 Å². The minimum Gasteiger partial charge on any atom is -0.495 e. The third-order valence-corrected chi connectivity index (χ3v) is 5.41. The molecule has 0 N–H and O–H groups in total. The maximum atomic E-state index is 12.3. The van der Waals surface area contributed by atoms with Crippen LogP contribution in [0.1, 0.15) is 0 Å². The van der Waals surface area contributed by atoms with Crippen LogP contribution < -0.4 is 9.04 Å². The Kier molecular flexibility index (Phi) is 3.66. The summed E-state index contributed by atoms with van der Waals surface area (Å²) in [6, 6.07) is 15.4. The maximum absolute atomic E-state index is 12.3. The van der Waals surface area contributed by atoms with E-state index in [-0.39, 0.29) is 5.75 Å². The molecule has 2 aromatic carbocycles. The minimum atomic E-state index is -3.37. The molecule has 0 amide bonds. The third-order valence-electron chi connectivity index (χ3n) is 3.64. The Labute approximate surface area is 130 Å². The molecule has 1 aliphatic rings. The second-order valence-corrected chi connectivity index (χ2v) is 7.16. The molecule has 5 heteroatoms. The Morgan fingerprint density at radius 3 is 2.41 bits per heavy atom. The van der Waals surface area contributed by atoms with E-state index < -0.39 is 10.0 Å². The van der Waals surface area contributed by atoms with E-state index in [0.717, 1.165) is 11.1 Å². The number of sulfonamides is 1. The van der Waals surface area contributed by atoms with Crippen molar-refractivity contribution in [2.24, 2.45) is 0 Å². The summed E-state index contributed by atoms with van der Waals surface area (Å²) in [4.78, 5) is 0. The van der Waals surface area contributed by atoms with E-state index in [2.05, 4.69) is 6.58 Å². The first kappa shape index (κ1) is 14.7. The van der Waals surface area contributed by atoms with Crippen molar-refractivity contribution in [1.29, 1.82) is 0 Å². The molecule has 1 heterocycles. The van der Waals surface area contributed by atoms with Crippen molar-refractivity contribution in [1.82, 2.24) is 0 Å². The summed E-state index contributed by atoms with van der Waals surface area (Å²) in [5.74, 6) is 0.532. The van der Waals surface area contributed by atoms with Gasteiger partial charge in [0.1, 0.15) is 5.75 Å². The lowest BCUT2D eigenvalue weighted by molar-refractivity contribution is 0.415. The lowest BCUT2D eigenvalue weighted by Gasteiger charge is -2.20. The molecule has 0 bridgehead atoms. The molecule has 3 rings (SSSR count). The molecular formula is C17H17NO3S. The maximum Gasteiger partial charge on any atom is 0.239 e. The van der Waals surface area contributed by atoms with Crippen LogP contribution in [0.15, 0.2) is 60.7 Å². The van der Waals surface area contributed by atoms with Crippen molar-refractivity contribution in [2.45, 2.75) is 0 Å². The van der Waals surface area contributed by atoms with E-state index in [1.807, 2.05) is 42.5 Å². The predicted molar refractivity (Wildman–Crippen MR) is 88.7 cm³/mol. The highest BCUT2D eigenvalue weighted by Gasteiger charge is 2.33. The Morgan fingerprint density at radius 2 is 1.82 bits per heavy atom. The van der Waals surface area contributed by atoms with Crippen LogP contribution in [0.4, 0.5) is 5.69 Å². The van der Waals surface area contributed by atoms with Crippen molar-refractivity contribution in [3.63, 3.8) is 0 Å². The average Bonchev–Trinajstić information content (AvgIpc) is 2.80. The third kappa shape index (κ3) is 2.60. The van der Waals surface area contributed by atoms with Crippen LogP contribution in [-0.2, 0) is 10.0 Å². The van der Waals surface area contributed by atoms with Gasteiger partial charge in [-0.15, -0.1) is 0 Å². The van der Waals surface area contributed by atoms with E-state index in [9.17, 15) is 8.42 Å². The van der Waals surface area contributed by atoms with Crippen LogP contribution in [-0.4, -0.2) is 27.8 Å². The van der Waals surface area contributed by atoms with Gasteiger partial charge in [-0.3, -0.25) is 4.31 Å². The molecule has 0 unspecified atom stereocenters. The largest absolute Gasteiger partial charge is 0.495 e. The molecule has 2 aromatic rings. The molecular weight excluding hydrogens is 298 g/mol. The number of hydrogen-bond donors (Lipinski definition) is 0. The fourth-order valence-corrected chi connectivity index (χ4v) is 4.20. The van der Waals surface area contributed by atoms with Gasteiger partial charge in [0.25, 0.3) is 0 Å². The zero-order valence-electron chi connectivity index (χ0n) is 12.3. The van der Waals surface area contributed by atoms with Crippen molar-refractivity contribution >= 4 is 15.7 Å². The number of anilines is 1. The summed E-state index contributed by atoms with van der Waals surface area (Å²) in [5, 5.41) is 0. The summed E-state index contributed by atoms with van der Waals surface area (Å²) in [7, 11) is -1.83. The fourth-order valence-electron chi connectivity index (χ4n) is 2.61. The van der Waals surface area contributed by atoms with Crippen LogP contribution >= 0.6 is 0 Å². The molecule has 0 aromatic heterocycles. The number of rotatable bonds is 3. The van der Waals surface area contributed by atoms with E-state index >= 15 is 0 Å². The summed E-state index contributed by atoms with van der Waals surface area (Å²) in [5.41, 5.74) is 3.22. The normalized spacial score (nSPS) is 16.8. The zero-order valence-corrected chi connectivity index (χ0v) is 13.1. The Morgan fingerprint density at radius 1 is 1.09 bits per heavy atom. The summed E-state index contributed by atoms with van der Waals surface area (Å²) >= 11 is 0.